The van der Waals surface area contributed by atoms with Gasteiger partial charge in [0.1, 0.15) is 5.56 Å². The van der Waals surface area contributed by atoms with Gasteiger partial charge in [0.05, 0.1) is 13.2 Å². The molecule has 2 saturated heterocycles. The lowest BCUT2D eigenvalue weighted by Gasteiger charge is -2.34. The largest absolute Gasteiger partial charge is 0.378 e. The zero-order chi connectivity index (χ0) is 21.6. The molecule has 1 N–H and O–H groups in total. The Kier molecular flexibility index (Phi) is 7.49. The molecule has 0 radical (unpaired) electrons. The van der Waals surface area contributed by atoms with Crippen molar-refractivity contribution in [2.45, 2.75) is 19.8 Å². The summed E-state index contributed by atoms with van der Waals surface area (Å²) in [7, 11) is 0. The van der Waals surface area contributed by atoms with E-state index in [4.69, 9.17) is 4.74 Å². The first kappa shape index (κ1) is 22.1. The third-order valence-corrected chi connectivity index (χ3v) is 6.73. The van der Waals surface area contributed by atoms with Crippen molar-refractivity contribution in [1.29, 1.82) is 0 Å². The minimum absolute atomic E-state index is 0.0320. The molecule has 1 amide bonds. The second-order valence-corrected chi connectivity index (χ2v) is 8.88. The van der Waals surface area contributed by atoms with E-state index in [-0.39, 0.29) is 11.5 Å². The van der Waals surface area contributed by atoms with E-state index in [0.29, 0.717) is 24.7 Å². The van der Waals surface area contributed by atoms with Gasteiger partial charge in [-0.3, -0.25) is 9.59 Å². The number of nitrogens with zero attached hydrogens (tertiary/aromatic N) is 6. The summed E-state index contributed by atoms with van der Waals surface area (Å²) in [6.07, 6.45) is 3.41. The van der Waals surface area contributed by atoms with Crippen LogP contribution in [0, 0.1) is 0 Å². The molecule has 2 aliphatic heterocycles. The Morgan fingerprint density at radius 1 is 1.13 bits per heavy atom. The van der Waals surface area contributed by atoms with Gasteiger partial charge in [-0.2, -0.15) is 4.52 Å². The van der Waals surface area contributed by atoms with Gasteiger partial charge in [0, 0.05) is 52.0 Å². The number of nitrogens with one attached hydrogen (secondary N) is 1. The van der Waals surface area contributed by atoms with Gasteiger partial charge in [-0.15, -0.1) is 5.10 Å². The van der Waals surface area contributed by atoms with Crippen LogP contribution in [0.25, 0.3) is 4.96 Å². The molecule has 0 spiro atoms. The van der Waals surface area contributed by atoms with Crippen LogP contribution in [0.3, 0.4) is 0 Å². The first-order valence-electron chi connectivity index (χ1n) is 11.1. The number of carbonyl (C=O) groups is 1. The molecule has 2 aromatic heterocycles. The number of hydrogen-bond donors (Lipinski definition) is 1. The molecule has 170 valence electrons. The van der Waals surface area contributed by atoms with Crippen LogP contribution in [0.1, 0.15) is 30.1 Å². The quantitative estimate of drug-likeness (QED) is 0.569. The van der Waals surface area contributed by atoms with Crippen molar-refractivity contribution < 1.29 is 9.53 Å². The molecular weight excluding hydrogens is 418 g/mol. The van der Waals surface area contributed by atoms with Gasteiger partial charge < -0.3 is 24.8 Å². The van der Waals surface area contributed by atoms with Crippen molar-refractivity contribution >= 4 is 27.3 Å². The second-order valence-electron chi connectivity index (χ2n) is 7.95. The zero-order valence-corrected chi connectivity index (χ0v) is 18.9. The number of anilines is 1. The number of rotatable bonds is 8. The summed E-state index contributed by atoms with van der Waals surface area (Å²) < 4.78 is 6.60. The fraction of sp³-hybridized carbons (Fsp3) is 0.700. The Morgan fingerprint density at radius 3 is 2.55 bits per heavy atom. The highest BCUT2D eigenvalue weighted by Gasteiger charge is 2.20. The molecule has 10 nitrogen and oxygen atoms in total. The molecule has 0 atom stereocenters. The van der Waals surface area contributed by atoms with Gasteiger partial charge in [-0.05, 0) is 25.9 Å². The summed E-state index contributed by atoms with van der Waals surface area (Å²) in [4.78, 5) is 37.1. The maximum Gasteiger partial charge on any atom is 0.288 e. The maximum atomic E-state index is 12.8. The zero-order valence-electron chi connectivity index (χ0n) is 18.1. The fourth-order valence-electron chi connectivity index (χ4n) is 3.97. The van der Waals surface area contributed by atoms with Gasteiger partial charge in [0.15, 0.2) is 0 Å². The molecule has 2 fully saturated rings. The van der Waals surface area contributed by atoms with Gasteiger partial charge in [0.2, 0.25) is 10.1 Å². The average molecular weight is 450 g/mol. The van der Waals surface area contributed by atoms with E-state index >= 15 is 0 Å². The van der Waals surface area contributed by atoms with E-state index in [0.717, 1.165) is 57.4 Å². The normalized spacial score (nSPS) is 18.5. The number of carbonyl (C=O) groups excluding carboxylic acids is 1. The first-order valence-corrected chi connectivity index (χ1v) is 11.9. The first-order chi connectivity index (χ1) is 15.2. The maximum absolute atomic E-state index is 12.8. The molecule has 0 aliphatic carbocycles. The molecule has 0 unspecified atom stereocenters. The van der Waals surface area contributed by atoms with Crippen molar-refractivity contribution in [3.05, 3.63) is 22.1 Å². The number of ether oxygens (including phenoxy) is 1. The van der Waals surface area contributed by atoms with Crippen LogP contribution in [0.5, 0.6) is 0 Å². The summed E-state index contributed by atoms with van der Waals surface area (Å²) in [6.45, 7) is 12.0. The van der Waals surface area contributed by atoms with Crippen LogP contribution in [0.15, 0.2) is 11.0 Å². The van der Waals surface area contributed by atoms with Crippen molar-refractivity contribution in [2.75, 3.05) is 77.0 Å². The molecule has 2 aliphatic rings. The summed E-state index contributed by atoms with van der Waals surface area (Å²) in [5, 5.41) is 7.98. The Hall–Kier alpha value is -2.08. The second kappa shape index (κ2) is 10.5. The number of morpholine rings is 1. The lowest BCUT2D eigenvalue weighted by Crippen LogP contribution is -2.47. The van der Waals surface area contributed by atoms with Crippen LogP contribution in [-0.2, 0) is 4.74 Å². The monoisotopic (exact) mass is 449 g/mol. The molecular formula is C20H31N7O3S. The van der Waals surface area contributed by atoms with Crippen molar-refractivity contribution in [1.82, 2.24) is 29.7 Å². The number of fused-ring (bicyclic) bond motifs is 1. The topological polar surface area (TPSA) is 95.3 Å². The number of hydrogen-bond acceptors (Lipinski definition) is 9. The lowest BCUT2D eigenvalue weighted by molar-refractivity contribution is 0.0945. The lowest BCUT2D eigenvalue weighted by atomic mass is 10.2. The number of piperazine rings is 1. The molecule has 31 heavy (non-hydrogen) atoms. The van der Waals surface area contributed by atoms with Gasteiger partial charge in [-0.1, -0.05) is 18.3 Å². The number of aromatic nitrogens is 3. The van der Waals surface area contributed by atoms with E-state index in [2.05, 4.69) is 37.0 Å². The van der Waals surface area contributed by atoms with E-state index in [1.54, 1.807) is 0 Å². The van der Waals surface area contributed by atoms with Gasteiger partial charge in [-0.25, -0.2) is 4.98 Å². The van der Waals surface area contributed by atoms with Crippen LogP contribution >= 0.6 is 11.3 Å². The van der Waals surface area contributed by atoms with Crippen molar-refractivity contribution in [3.8, 4) is 0 Å². The average Bonchev–Trinajstić information content (AvgIpc) is 3.24. The van der Waals surface area contributed by atoms with Crippen LogP contribution in [0.4, 0.5) is 5.13 Å². The third-order valence-electron chi connectivity index (χ3n) is 5.74. The minimum Gasteiger partial charge on any atom is -0.378 e. The van der Waals surface area contributed by atoms with Gasteiger partial charge in [0.25, 0.3) is 11.5 Å². The highest BCUT2D eigenvalue weighted by molar-refractivity contribution is 7.20. The van der Waals surface area contributed by atoms with Gasteiger partial charge >= 0.3 is 0 Å². The van der Waals surface area contributed by atoms with Crippen LogP contribution in [0.2, 0.25) is 0 Å². The highest BCUT2D eigenvalue weighted by atomic mass is 32.1. The van der Waals surface area contributed by atoms with E-state index < -0.39 is 5.56 Å². The molecule has 11 heteroatoms. The van der Waals surface area contributed by atoms with E-state index in [9.17, 15) is 9.59 Å². The Bertz CT molecular complexity index is 932. The summed E-state index contributed by atoms with van der Waals surface area (Å²) in [5.74, 6) is -0.388. The number of amides is 1. The standard InChI is InChI=1S/C20H31N7O3S/c1-2-5-24-7-9-25(10-8-24)6-3-4-21-17(28)16-15-22-19-27(18(16)29)23-20(31-19)26-11-13-30-14-12-26/h15H,2-14H2,1H3,(H,21,28). The summed E-state index contributed by atoms with van der Waals surface area (Å²) >= 11 is 1.35. The molecule has 4 rings (SSSR count). The molecule has 0 saturated carbocycles. The van der Waals surface area contributed by atoms with E-state index in [1.165, 1.54) is 35.0 Å². The minimum atomic E-state index is -0.426. The van der Waals surface area contributed by atoms with Crippen LogP contribution < -0.4 is 15.8 Å². The van der Waals surface area contributed by atoms with Crippen molar-refractivity contribution in [2.24, 2.45) is 0 Å². The predicted molar refractivity (Wildman–Crippen MR) is 120 cm³/mol. The molecule has 0 aromatic carbocycles. The Labute approximate surface area is 185 Å². The SMILES string of the molecule is CCCN1CCN(CCCNC(=O)c2cnc3sc(N4CCOCC4)nn3c2=O)CC1. The highest BCUT2D eigenvalue weighted by Crippen LogP contribution is 2.21. The Morgan fingerprint density at radius 2 is 1.84 bits per heavy atom. The summed E-state index contributed by atoms with van der Waals surface area (Å²) in [5.41, 5.74) is -0.394. The molecule has 4 heterocycles. The third kappa shape index (κ3) is 5.40. The van der Waals surface area contributed by atoms with Crippen LogP contribution in [-0.4, -0.2) is 102 Å². The predicted octanol–water partition coefficient (Wildman–Crippen LogP) is 0.135. The molecule has 0 bridgehead atoms. The Balaban J connectivity index is 1.29. The molecule has 2 aromatic rings. The van der Waals surface area contributed by atoms with Crippen molar-refractivity contribution in [3.63, 3.8) is 0 Å². The van der Waals surface area contributed by atoms with E-state index in [1.807, 2.05) is 0 Å². The fourth-order valence-corrected chi connectivity index (χ4v) is 4.88. The summed E-state index contributed by atoms with van der Waals surface area (Å²) in [6, 6.07) is 0. The smallest absolute Gasteiger partial charge is 0.288 e.